The van der Waals surface area contributed by atoms with E-state index in [1.165, 1.54) is 13.1 Å². The largest absolute Gasteiger partial charge is 0.311 e. The predicted molar refractivity (Wildman–Crippen MR) is 67.9 cm³/mol. The van der Waals surface area contributed by atoms with Crippen molar-refractivity contribution in [1.29, 1.82) is 0 Å². The third kappa shape index (κ3) is 5.40. The van der Waals surface area contributed by atoms with Gasteiger partial charge < -0.3 is 10.2 Å². The van der Waals surface area contributed by atoms with Crippen molar-refractivity contribution in [3.8, 4) is 0 Å². The number of nitro groups is 1. The van der Waals surface area contributed by atoms with Gasteiger partial charge in [0.25, 0.3) is 0 Å². The van der Waals surface area contributed by atoms with E-state index < -0.39 is 11.0 Å². The maximum Gasteiger partial charge on any atom is 0.225 e. The molecule has 0 spiro atoms. The Balaban J connectivity index is 2.77. The van der Waals surface area contributed by atoms with Crippen LogP contribution in [0.25, 0.3) is 0 Å². The number of anilines is 1. The Bertz CT molecular complexity index is 435. The van der Waals surface area contributed by atoms with E-state index in [9.17, 15) is 14.9 Å². The fourth-order valence-corrected chi connectivity index (χ4v) is 1.41. The van der Waals surface area contributed by atoms with Gasteiger partial charge in [0.1, 0.15) is 11.9 Å². The molecule has 104 valence electrons. The molecule has 0 bridgehead atoms. The van der Waals surface area contributed by atoms with Crippen molar-refractivity contribution in [3.05, 3.63) is 34.0 Å². The third-order valence-corrected chi connectivity index (χ3v) is 2.19. The number of nitrogens with zero attached hydrogens (tertiary/aromatic N) is 2. The lowest BCUT2D eigenvalue weighted by Gasteiger charge is -2.14. The monoisotopic (exact) mass is 268 g/mol. The smallest absolute Gasteiger partial charge is 0.225 e. The van der Waals surface area contributed by atoms with Crippen LogP contribution in [0.4, 0.5) is 5.82 Å². The average molecular weight is 268 g/mol. The van der Waals surface area contributed by atoms with Crippen LogP contribution in [0.15, 0.2) is 18.3 Å². The van der Waals surface area contributed by atoms with Crippen LogP contribution in [0.1, 0.15) is 25.5 Å². The Morgan fingerprint density at radius 1 is 1.58 bits per heavy atom. The van der Waals surface area contributed by atoms with Gasteiger partial charge in [-0.2, -0.15) is 5.48 Å². The van der Waals surface area contributed by atoms with E-state index >= 15 is 0 Å². The molecule has 1 heterocycles. The fourth-order valence-electron chi connectivity index (χ4n) is 1.41. The molecular weight excluding hydrogens is 252 g/mol. The number of hydrogen-bond acceptors (Lipinski definition) is 6. The van der Waals surface area contributed by atoms with Crippen LogP contribution < -0.4 is 10.8 Å². The molecule has 8 heteroatoms. The highest BCUT2D eigenvalue weighted by atomic mass is 16.6. The number of hydrogen-bond donors (Lipinski definition) is 2. The summed E-state index contributed by atoms with van der Waals surface area (Å²) in [5.74, 6) is 0.169. The highest BCUT2D eigenvalue weighted by Gasteiger charge is 2.18. The molecule has 1 aromatic heterocycles. The summed E-state index contributed by atoms with van der Waals surface area (Å²) >= 11 is 0. The average Bonchev–Trinajstić information content (AvgIpc) is 2.34. The minimum atomic E-state index is -0.589. The predicted octanol–water partition coefficient (Wildman–Crippen LogP) is 0.899. The summed E-state index contributed by atoms with van der Waals surface area (Å²) in [6.07, 6.45) is 1.46. The number of nitrogens with one attached hydrogen (secondary N) is 2. The summed E-state index contributed by atoms with van der Waals surface area (Å²) in [4.78, 5) is 30.0. The molecule has 0 aromatic carbocycles. The highest BCUT2D eigenvalue weighted by Crippen LogP contribution is 2.14. The zero-order valence-corrected chi connectivity index (χ0v) is 10.8. The Morgan fingerprint density at radius 3 is 2.79 bits per heavy atom. The Kier molecular flexibility index (Phi) is 5.83. The number of carbonyl (C=O) groups is 1. The lowest BCUT2D eigenvalue weighted by Crippen LogP contribution is -2.28. The van der Waals surface area contributed by atoms with Gasteiger partial charge in [-0.05, 0) is 18.6 Å². The van der Waals surface area contributed by atoms with Crippen LogP contribution in [-0.2, 0) is 9.63 Å². The Labute approximate surface area is 110 Å². The number of carbonyl (C=O) groups excluding carboxylic acids is 1. The minimum Gasteiger partial charge on any atom is -0.311 e. The van der Waals surface area contributed by atoms with Crippen molar-refractivity contribution in [2.24, 2.45) is 0 Å². The van der Waals surface area contributed by atoms with E-state index in [-0.39, 0.29) is 12.5 Å². The van der Waals surface area contributed by atoms with Crippen LogP contribution in [0, 0.1) is 10.1 Å². The second-order valence-corrected chi connectivity index (χ2v) is 3.78. The number of aromatic nitrogens is 1. The van der Waals surface area contributed by atoms with E-state index in [4.69, 9.17) is 4.84 Å². The SMILES string of the molecule is CCON[C@@H](C[N+](=O)[O-])c1ccc(NC(C)=O)nc1. The molecule has 0 fully saturated rings. The van der Waals surface area contributed by atoms with Crippen LogP contribution in [-0.4, -0.2) is 29.0 Å². The van der Waals surface area contributed by atoms with Crippen molar-refractivity contribution in [1.82, 2.24) is 10.5 Å². The van der Waals surface area contributed by atoms with E-state index in [1.807, 2.05) is 0 Å². The quantitative estimate of drug-likeness (QED) is 0.562. The Morgan fingerprint density at radius 2 is 2.32 bits per heavy atom. The van der Waals surface area contributed by atoms with Gasteiger partial charge in [-0.3, -0.25) is 14.9 Å². The second-order valence-electron chi connectivity index (χ2n) is 3.78. The van der Waals surface area contributed by atoms with Crippen LogP contribution in [0.3, 0.4) is 0 Å². The molecule has 0 radical (unpaired) electrons. The first-order valence-electron chi connectivity index (χ1n) is 5.75. The van der Waals surface area contributed by atoms with Crippen LogP contribution in [0.5, 0.6) is 0 Å². The van der Waals surface area contributed by atoms with Crippen molar-refractivity contribution in [3.63, 3.8) is 0 Å². The topological polar surface area (TPSA) is 106 Å². The third-order valence-electron chi connectivity index (χ3n) is 2.19. The van der Waals surface area contributed by atoms with Crippen molar-refractivity contribution in [2.75, 3.05) is 18.5 Å². The van der Waals surface area contributed by atoms with Crippen LogP contribution in [0.2, 0.25) is 0 Å². The number of amides is 1. The summed E-state index contributed by atoms with van der Waals surface area (Å²) in [6.45, 7) is 3.23. The van der Waals surface area contributed by atoms with Gasteiger partial charge in [0.2, 0.25) is 12.5 Å². The molecule has 19 heavy (non-hydrogen) atoms. The molecule has 1 rings (SSSR count). The summed E-state index contributed by atoms with van der Waals surface area (Å²) < 4.78 is 0. The van der Waals surface area contributed by atoms with Crippen molar-refractivity contribution in [2.45, 2.75) is 19.9 Å². The van der Waals surface area contributed by atoms with E-state index in [1.54, 1.807) is 19.1 Å². The Hall–Kier alpha value is -2.06. The maximum atomic E-state index is 10.8. The maximum absolute atomic E-state index is 10.8. The first-order valence-corrected chi connectivity index (χ1v) is 5.75. The van der Waals surface area contributed by atoms with Gasteiger partial charge >= 0.3 is 0 Å². The zero-order chi connectivity index (χ0) is 14.3. The molecule has 0 aliphatic carbocycles. The molecule has 8 nitrogen and oxygen atoms in total. The normalized spacial score (nSPS) is 11.9. The summed E-state index contributed by atoms with van der Waals surface area (Å²) in [7, 11) is 0. The van der Waals surface area contributed by atoms with E-state index in [2.05, 4.69) is 15.8 Å². The number of pyridine rings is 1. The fraction of sp³-hybridized carbons (Fsp3) is 0.455. The van der Waals surface area contributed by atoms with Crippen molar-refractivity contribution >= 4 is 11.7 Å². The number of hydroxylamine groups is 1. The molecule has 1 aromatic rings. The van der Waals surface area contributed by atoms with Gasteiger partial charge in [0.05, 0.1) is 6.61 Å². The standard InChI is InChI=1S/C11H16N4O4/c1-3-19-14-10(7-15(17)18)9-4-5-11(12-6-9)13-8(2)16/h4-6,10,14H,3,7H2,1-2H3,(H,12,13,16)/t10-/m0/s1. The number of rotatable bonds is 7. The van der Waals surface area contributed by atoms with Gasteiger partial charge in [0.15, 0.2) is 0 Å². The van der Waals surface area contributed by atoms with Gasteiger partial charge in [-0.15, -0.1) is 0 Å². The second kappa shape index (κ2) is 7.39. The summed E-state index contributed by atoms with van der Waals surface area (Å²) in [5, 5.41) is 13.1. The molecule has 0 aliphatic rings. The lowest BCUT2D eigenvalue weighted by molar-refractivity contribution is -0.486. The van der Waals surface area contributed by atoms with E-state index in [0.717, 1.165) is 0 Å². The van der Waals surface area contributed by atoms with Crippen molar-refractivity contribution < 1.29 is 14.6 Å². The first-order chi connectivity index (χ1) is 9.02. The van der Waals surface area contributed by atoms with Gasteiger partial charge in [0, 0.05) is 18.0 Å². The van der Waals surface area contributed by atoms with E-state index in [0.29, 0.717) is 18.0 Å². The minimum absolute atomic E-state index is 0.227. The lowest BCUT2D eigenvalue weighted by atomic mass is 10.1. The molecular formula is C11H16N4O4. The highest BCUT2D eigenvalue weighted by molar-refractivity contribution is 5.87. The van der Waals surface area contributed by atoms with Gasteiger partial charge in [-0.1, -0.05) is 6.07 Å². The molecule has 1 atom stereocenters. The molecule has 0 aliphatic heterocycles. The summed E-state index contributed by atoms with van der Waals surface area (Å²) in [6, 6.07) is 2.64. The zero-order valence-electron chi connectivity index (χ0n) is 10.8. The molecule has 2 N–H and O–H groups in total. The van der Waals surface area contributed by atoms with Gasteiger partial charge in [-0.25, -0.2) is 4.98 Å². The molecule has 0 saturated heterocycles. The molecule has 1 amide bonds. The molecule has 0 saturated carbocycles. The first kappa shape index (κ1) is 15.0. The summed E-state index contributed by atoms with van der Waals surface area (Å²) in [5.41, 5.74) is 3.22. The van der Waals surface area contributed by atoms with Crippen LogP contribution >= 0.6 is 0 Å². The molecule has 0 unspecified atom stereocenters.